The highest BCUT2D eigenvalue weighted by Gasteiger charge is 2.30. The smallest absolute Gasteiger partial charge is 0.356 e. The summed E-state index contributed by atoms with van der Waals surface area (Å²) in [4.78, 5) is 31.0. The second-order valence-corrected chi connectivity index (χ2v) is 10.3. The number of hydrogen-bond donors (Lipinski definition) is 2. The summed E-state index contributed by atoms with van der Waals surface area (Å²) in [5, 5.41) is 7.28. The topological polar surface area (TPSA) is 94.5 Å². The van der Waals surface area contributed by atoms with E-state index in [0.29, 0.717) is 54.5 Å². The molecule has 4 rings (SSSR count). The fourth-order valence-corrected chi connectivity index (χ4v) is 5.06. The first-order chi connectivity index (χ1) is 17.9. The molecule has 8 nitrogen and oxygen atoms in total. The fourth-order valence-electron chi connectivity index (χ4n) is 5.06. The van der Waals surface area contributed by atoms with Gasteiger partial charge in [-0.2, -0.15) is 0 Å². The van der Waals surface area contributed by atoms with Gasteiger partial charge < -0.3 is 24.7 Å². The van der Waals surface area contributed by atoms with Crippen LogP contribution in [0.2, 0.25) is 0 Å². The maximum absolute atomic E-state index is 13.1. The van der Waals surface area contributed by atoms with Crippen molar-refractivity contribution < 1.29 is 19.1 Å². The minimum Gasteiger partial charge on any atom is -0.464 e. The van der Waals surface area contributed by atoms with E-state index >= 15 is 0 Å². The largest absolute Gasteiger partial charge is 0.464 e. The zero-order valence-corrected chi connectivity index (χ0v) is 22.3. The minimum atomic E-state index is -0.502. The summed E-state index contributed by atoms with van der Waals surface area (Å²) < 4.78 is 12.5. The third-order valence-electron chi connectivity index (χ3n) is 6.75. The number of ether oxygens (including phenoxy) is 2. The summed E-state index contributed by atoms with van der Waals surface area (Å²) in [5.74, 6) is -0.350. The Morgan fingerprint density at radius 2 is 2.00 bits per heavy atom. The number of esters is 1. The highest BCUT2D eigenvalue weighted by atomic mass is 16.5. The van der Waals surface area contributed by atoms with Gasteiger partial charge in [0.15, 0.2) is 5.69 Å². The molecule has 0 saturated carbocycles. The maximum atomic E-state index is 13.1. The number of aryl methyl sites for hydroxylation is 2. The van der Waals surface area contributed by atoms with Crippen molar-refractivity contribution in [3.05, 3.63) is 53.9 Å². The molecule has 2 atom stereocenters. The second-order valence-electron chi connectivity index (χ2n) is 10.3. The molecule has 37 heavy (non-hydrogen) atoms. The third kappa shape index (κ3) is 6.49. The monoisotopic (exact) mass is 506 g/mol. The number of nitrogens with zero attached hydrogens (tertiary/aromatic N) is 2. The van der Waals surface area contributed by atoms with Gasteiger partial charge in [-0.1, -0.05) is 44.2 Å². The zero-order chi connectivity index (χ0) is 26.4. The quantitative estimate of drug-likeness (QED) is 0.344. The van der Waals surface area contributed by atoms with Gasteiger partial charge in [-0.15, -0.1) is 0 Å². The van der Waals surface area contributed by atoms with E-state index in [0.717, 1.165) is 24.9 Å². The van der Waals surface area contributed by atoms with E-state index in [2.05, 4.69) is 43.5 Å². The van der Waals surface area contributed by atoms with Crippen molar-refractivity contribution in [1.82, 2.24) is 9.55 Å². The number of methoxy groups -OCH3 is 1. The van der Waals surface area contributed by atoms with Crippen molar-refractivity contribution in [2.75, 3.05) is 31.0 Å². The number of hydrogen-bond acceptors (Lipinski definition) is 6. The number of aromatic nitrogens is 2. The van der Waals surface area contributed by atoms with Gasteiger partial charge in [0.1, 0.15) is 5.65 Å². The molecule has 0 radical (unpaired) electrons. The molecule has 0 aliphatic carbocycles. The molecular formula is C29H38N4O4. The van der Waals surface area contributed by atoms with Gasteiger partial charge in [-0.3, -0.25) is 4.79 Å². The van der Waals surface area contributed by atoms with Crippen molar-refractivity contribution in [2.24, 2.45) is 11.8 Å². The molecule has 8 heteroatoms. The van der Waals surface area contributed by atoms with Crippen LogP contribution in [0, 0.1) is 11.8 Å². The predicted octanol–water partition coefficient (Wildman–Crippen LogP) is 5.28. The number of rotatable bonds is 11. The molecule has 0 spiro atoms. The molecule has 3 aromatic rings. The number of anilines is 2. The van der Waals surface area contributed by atoms with Crippen molar-refractivity contribution >= 4 is 34.3 Å². The van der Waals surface area contributed by atoms with Crippen molar-refractivity contribution in [3.8, 4) is 0 Å². The Hall–Kier alpha value is -3.39. The number of amides is 1. The van der Waals surface area contributed by atoms with E-state index in [9.17, 15) is 9.59 Å². The SMILES string of the molecule is COC(=O)c1c(NC(=O)C2CCOC2)c2cc(NC(C)CC(C)C)cnc2n1CCCc1ccccc1. The molecule has 1 amide bonds. The van der Waals surface area contributed by atoms with Gasteiger partial charge in [0.25, 0.3) is 0 Å². The number of carbonyl (C=O) groups is 2. The van der Waals surface area contributed by atoms with Crippen LogP contribution in [-0.2, 0) is 27.2 Å². The van der Waals surface area contributed by atoms with Crippen LogP contribution in [0.25, 0.3) is 11.0 Å². The minimum absolute atomic E-state index is 0.155. The number of pyridine rings is 1. The Kier molecular flexibility index (Phi) is 8.82. The fraction of sp³-hybridized carbons (Fsp3) is 0.483. The summed E-state index contributed by atoms with van der Waals surface area (Å²) in [7, 11) is 1.36. The molecule has 0 bridgehead atoms. The van der Waals surface area contributed by atoms with Gasteiger partial charge >= 0.3 is 5.97 Å². The van der Waals surface area contributed by atoms with E-state index in [4.69, 9.17) is 14.5 Å². The van der Waals surface area contributed by atoms with Crippen LogP contribution in [0.5, 0.6) is 0 Å². The van der Waals surface area contributed by atoms with Crippen molar-refractivity contribution in [2.45, 2.75) is 59.0 Å². The molecule has 1 saturated heterocycles. The Bertz CT molecular complexity index is 1220. The van der Waals surface area contributed by atoms with Crippen LogP contribution in [0.1, 0.15) is 56.1 Å². The third-order valence-corrected chi connectivity index (χ3v) is 6.75. The Morgan fingerprint density at radius 1 is 1.22 bits per heavy atom. The standard InChI is InChI=1S/C29H38N4O4/c1-19(2)15-20(3)31-23-16-24-25(32-28(34)22-12-14-37-18-22)26(29(35)36-4)33(27(24)30-17-23)13-8-11-21-9-6-5-7-10-21/h5-7,9-10,16-17,19-20,22,31H,8,11-15,18H2,1-4H3,(H,32,34). The number of benzene rings is 1. The lowest BCUT2D eigenvalue weighted by Gasteiger charge is -2.17. The molecule has 1 aliphatic rings. The van der Waals surface area contributed by atoms with E-state index < -0.39 is 5.97 Å². The van der Waals surface area contributed by atoms with E-state index in [1.165, 1.54) is 12.7 Å². The average Bonchev–Trinajstić information content (AvgIpc) is 3.51. The van der Waals surface area contributed by atoms with Crippen LogP contribution in [0.4, 0.5) is 11.4 Å². The Balaban J connectivity index is 1.72. The first-order valence-electron chi connectivity index (χ1n) is 13.2. The lowest BCUT2D eigenvalue weighted by molar-refractivity contribution is -0.119. The molecule has 2 aromatic heterocycles. The van der Waals surface area contributed by atoms with E-state index in [1.54, 1.807) is 6.20 Å². The summed E-state index contributed by atoms with van der Waals surface area (Å²) in [6.07, 6.45) is 5.12. The van der Waals surface area contributed by atoms with Crippen molar-refractivity contribution in [1.29, 1.82) is 0 Å². The van der Waals surface area contributed by atoms with Gasteiger partial charge in [0.2, 0.25) is 5.91 Å². The highest BCUT2D eigenvalue weighted by molar-refractivity contribution is 6.11. The van der Waals surface area contributed by atoms with Crippen LogP contribution in [0.15, 0.2) is 42.6 Å². The van der Waals surface area contributed by atoms with Crippen LogP contribution >= 0.6 is 0 Å². The molecular weight excluding hydrogens is 468 g/mol. The molecule has 3 heterocycles. The zero-order valence-electron chi connectivity index (χ0n) is 22.3. The first kappa shape index (κ1) is 26.7. The van der Waals surface area contributed by atoms with Crippen LogP contribution in [0.3, 0.4) is 0 Å². The summed E-state index contributed by atoms with van der Waals surface area (Å²) >= 11 is 0. The Labute approximate surface area is 218 Å². The first-order valence-corrected chi connectivity index (χ1v) is 13.2. The Morgan fingerprint density at radius 3 is 2.68 bits per heavy atom. The predicted molar refractivity (Wildman–Crippen MR) is 146 cm³/mol. The van der Waals surface area contributed by atoms with E-state index in [1.807, 2.05) is 28.8 Å². The summed E-state index contributed by atoms with van der Waals surface area (Å²) in [5.41, 5.74) is 3.49. The maximum Gasteiger partial charge on any atom is 0.356 e. The average molecular weight is 507 g/mol. The van der Waals surface area contributed by atoms with Crippen LogP contribution in [-0.4, -0.2) is 47.8 Å². The number of fused-ring (bicyclic) bond motifs is 1. The van der Waals surface area contributed by atoms with Gasteiger partial charge in [-0.25, -0.2) is 9.78 Å². The normalized spacial score (nSPS) is 16.2. The molecule has 1 aromatic carbocycles. The lowest BCUT2D eigenvalue weighted by Crippen LogP contribution is -2.24. The molecule has 2 unspecified atom stereocenters. The summed E-state index contributed by atoms with van der Waals surface area (Å²) in [6, 6.07) is 12.5. The van der Waals surface area contributed by atoms with E-state index in [-0.39, 0.29) is 17.9 Å². The second kappa shape index (κ2) is 12.2. The summed E-state index contributed by atoms with van der Waals surface area (Å²) in [6.45, 7) is 8.03. The lowest BCUT2D eigenvalue weighted by atomic mass is 10.1. The molecule has 1 aliphatic heterocycles. The number of nitrogens with one attached hydrogen (secondary N) is 2. The van der Waals surface area contributed by atoms with Gasteiger partial charge in [-0.05, 0) is 50.2 Å². The van der Waals surface area contributed by atoms with Crippen LogP contribution < -0.4 is 10.6 Å². The van der Waals surface area contributed by atoms with Crippen molar-refractivity contribution in [3.63, 3.8) is 0 Å². The highest BCUT2D eigenvalue weighted by Crippen LogP contribution is 2.34. The molecule has 198 valence electrons. The molecule has 1 fully saturated rings. The number of carbonyl (C=O) groups excluding carboxylic acids is 2. The van der Waals surface area contributed by atoms with Gasteiger partial charge in [0, 0.05) is 24.6 Å². The van der Waals surface area contributed by atoms with Gasteiger partial charge in [0.05, 0.1) is 37.2 Å². The molecule has 2 N–H and O–H groups in total.